The van der Waals surface area contributed by atoms with Gasteiger partial charge in [-0.1, -0.05) is 0 Å². The van der Waals surface area contributed by atoms with E-state index in [0.29, 0.717) is 7.11 Å². The van der Waals surface area contributed by atoms with E-state index in [-0.39, 0.29) is 0 Å². The monoisotopic (exact) mass is 247 g/mol. The zero-order chi connectivity index (χ0) is 13.1. The van der Waals surface area contributed by atoms with Gasteiger partial charge >= 0.3 is 23.9 Å². The van der Waals surface area contributed by atoms with E-state index >= 15 is 0 Å². The number of ether oxygens (including phenoxy) is 1. The van der Waals surface area contributed by atoms with Crippen molar-refractivity contribution in [3.8, 4) is 0 Å². The Morgan fingerprint density at radius 1 is 1.31 bits per heavy atom. The molecule has 0 aliphatic heterocycles. The van der Waals surface area contributed by atoms with Gasteiger partial charge in [0.25, 0.3) is 0 Å². The van der Waals surface area contributed by atoms with Gasteiger partial charge < -0.3 is 15.2 Å². The third-order valence-corrected chi connectivity index (χ3v) is 1.63. The molecule has 1 atom stereocenters. The van der Waals surface area contributed by atoms with Crippen molar-refractivity contribution in [2.45, 2.75) is 25.0 Å². The number of hydrogen-bond donors (Lipinski definition) is 2. The summed E-state index contributed by atoms with van der Waals surface area (Å²) in [4.78, 5) is 20.9. The molecule has 0 saturated carbocycles. The fourth-order valence-corrected chi connectivity index (χ4v) is 0.609. The standard InChI is InChI=1S/C7H9F4NO4/c1-3(4(13)14)12-5(15)6(8,9)7(10,11)16-2/h3H,1-2H3,(H,12,15)(H,13,14)/t3-/m1/s1. The lowest BCUT2D eigenvalue weighted by atomic mass is 10.2. The highest BCUT2D eigenvalue weighted by Crippen LogP contribution is 2.34. The molecule has 0 fully saturated rings. The van der Waals surface area contributed by atoms with Crippen LogP contribution in [0.25, 0.3) is 0 Å². The van der Waals surface area contributed by atoms with Crippen molar-refractivity contribution in [3.05, 3.63) is 0 Å². The van der Waals surface area contributed by atoms with Gasteiger partial charge in [0.15, 0.2) is 0 Å². The van der Waals surface area contributed by atoms with Gasteiger partial charge in [0.2, 0.25) is 0 Å². The number of carboxylic acids is 1. The van der Waals surface area contributed by atoms with Crippen LogP contribution in [0.4, 0.5) is 17.6 Å². The van der Waals surface area contributed by atoms with Crippen LogP contribution in [0.15, 0.2) is 0 Å². The van der Waals surface area contributed by atoms with Crippen molar-refractivity contribution in [2.75, 3.05) is 7.11 Å². The van der Waals surface area contributed by atoms with Crippen LogP contribution in [0.2, 0.25) is 0 Å². The summed E-state index contributed by atoms with van der Waals surface area (Å²) in [6.07, 6.45) is -5.00. The molecule has 2 N–H and O–H groups in total. The zero-order valence-corrected chi connectivity index (χ0v) is 8.26. The second-order valence-electron chi connectivity index (χ2n) is 2.83. The van der Waals surface area contributed by atoms with Crippen molar-refractivity contribution >= 4 is 11.9 Å². The molecule has 16 heavy (non-hydrogen) atoms. The van der Waals surface area contributed by atoms with E-state index in [1.54, 1.807) is 0 Å². The number of alkyl halides is 4. The summed E-state index contributed by atoms with van der Waals surface area (Å²) in [7, 11) is 0.293. The predicted octanol–water partition coefficient (Wildman–Crippen LogP) is 0.450. The Morgan fingerprint density at radius 2 is 1.75 bits per heavy atom. The highest BCUT2D eigenvalue weighted by atomic mass is 19.3. The minimum absolute atomic E-state index is 0.293. The Morgan fingerprint density at radius 3 is 2.06 bits per heavy atom. The normalized spacial score (nSPS) is 14.4. The van der Waals surface area contributed by atoms with Gasteiger partial charge in [-0.25, -0.2) is 0 Å². The molecule has 0 unspecified atom stereocenters. The Balaban J connectivity index is 4.78. The minimum atomic E-state index is -5.15. The molecular weight excluding hydrogens is 238 g/mol. The van der Waals surface area contributed by atoms with Crippen LogP contribution >= 0.6 is 0 Å². The van der Waals surface area contributed by atoms with Crippen molar-refractivity contribution in [1.82, 2.24) is 5.32 Å². The molecule has 0 saturated heterocycles. The van der Waals surface area contributed by atoms with Crippen LogP contribution in [0.5, 0.6) is 0 Å². The van der Waals surface area contributed by atoms with E-state index in [0.717, 1.165) is 6.92 Å². The van der Waals surface area contributed by atoms with Crippen LogP contribution in [0, 0.1) is 0 Å². The van der Waals surface area contributed by atoms with Gasteiger partial charge in [0, 0.05) is 7.11 Å². The third-order valence-electron chi connectivity index (χ3n) is 1.63. The average Bonchev–Trinajstić information content (AvgIpc) is 2.16. The number of carbonyl (C=O) groups excluding carboxylic acids is 1. The Kier molecular flexibility index (Phi) is 4.24. The summed E-state index contributed by atoms with van der Waals surface area (Å²) in [5, 5.41) is 9.49. The highest BCUT2D eigenvalue weighted by molar-refractivity contribution is 5.88. The number of carbonyl (C=O) groups is 2. The van der Waals surface area contributed by atoms with Crippen LogP contribution in [0.1, 0.15) is 6.92 Å². The largest absolute Gasteiger partial charge is 0.480 e. The zero-order valence-electron chi connectivity index (χ0n) is 8.26. The molecule has 0 aliphatic carbocycles. The molecule has 5 nitrogen and oxygen atoms in total. The van der Waals surface area contributed by atoms with E-state index in [2.05, 4.69) is 4.74 Å². The first-order valence-corrected chi connectivity index (χ1v) is 3.90. The van der Waals surface area contributed by atoms with Crippen LogP contribution < -0.4 is 5.32 Å². The molecule has 0 heterocycles. The topological polar surface area (TPSA) is 75.6 Å². The lowest BCUT2D eigenvalue weighted by Gasteiger charge is -2.24. The van der Waals surface area contributed by atoms with Gasteiger partial charge in [0.1, 0.15) is 6.04 Å². The van der Waals surface area contributed by atoms with E-state index in [9.17, 15) is 27.2 Å². The lowest BCUT2D eigenvalue weighted by Crippen LogP contribution is -2.56. The quantitative estimate of drug-likeness (QED) is 0.691. The Hall–Kier alpha value is -1.38. The van der Waals surface area contributed by atoms with E-state index in [4.69, 9.17) is 5.11 Å². The van der Waals surface area contributed by atoms with Gasteiger partial charge in [-0.05, 0) is 6.92 Å². The summed E-state index contributed by atoms with van der Waals surface area (Å²) >= 11 is 0. The Labute approximate surface area is 87.4 Å². The molecule has 9 heteroatoms. The number of carboxylic acid groups (broad SMARTS) is 1. The maximum Gasteiger partial charge on any atom is 0.428 e. The average molecular weight is 247 g/mol. The molecule has 0 aromatic carbocycles. The fraction of sp³-hybridized carbons (Fsp3) is 0.714. The van der Waals surface area contributed by atoms with Gasteiger partial charge in [-0.2, -0.15) is 17.6 Å². The molecule has 0 radical (unpaired) electrons. The molecule has 0 aromatic heterocycles. The highest BCUT2D eigenvalue weighted by Gasteiger charge is 2.63. The molecule has 94 valence electrons. The van der Waals surface area contributed by atoms with E-state index < -0.39 is 29.9 Å². The van der Waals surface area contributed by atoms with Crippen LogP contribution in [0.3, 0.4) is 0 Å². The van der Waals surface area contributed by atoms with E-state index in [1.807, 2.05) is 0 Å². The number of aliphatic carboxylic acids is 1. The first-order valence-electron chi connectivity index (χ1n) is 3.90. The van der Waals surface area contributed by atoms with Crippen LogP contribution in [-0.2, 0) is 14.3 Å². The maximum absolute atomic E-state index is 12.7. The molecular formula is C7H9F4NO4. The summed E-state index contributed by atoms with van der Waals surface area (Å²) in [6, 6.07) is -1.72. The SMILES string of the molecule is COC(F)(F)C(F)(F)C(=O)N[C@H](C)C(=O)O. The second kappa shape index (κ2) is 4.64. The van der Waals surface area contributed by atoms with Gasteiger partial charge in [-0.3, -0.25) is 9.59 Å². The lowest BCUT2D eigenvalue weighted by molar-refractivity contribution is -0.323. The predicted molar refractivity (Wildman–Crippen MR) is 42.1 cm³/mol. The maximum atomic E-state index is 12.7. The van der Waals surface area contributed by atoms with Gasteiger partial charge in [-0.15, -0.1) is 0 Å². The van der Waals surface area contributed by atoms with E-state index in [1.165, 1.54) is 5.32 Å². The number of hydrogen-bond acceptors (Lipinski definition) is 3. The summed E-state index contributed by atoms with van der Waals surface area (Å²) < 4.78 is 53.6. The molecule has 0 aliphatic rings. The third kappa shape index (κ3) is 2.81. The smallest absolute Gasteiger partial charge is 0.428 e. The number of amides is 1. The molecule has 1 amide bonds. The fourth-order valence-electron chi connectivity index (χ4n) is 0.609. The molecule has 0 aromatic rings. The Bertz CT molecular complexity index is 294. The summed E-state index contributed by atoms with van der Waals surface area (Å²) in [5.74, 6) is -9.20. The van der Waals surface area contributed by atoms with Crippen molar-refractivity contribution in [2.24, 2.45) is 0 Å². The summed E-state index contributed by atoms with van der Waals surface area (Å²) in [6.45, 7) is 0.848. The van der Waals surface area contributed by atoms with Gasteiger partial charge in [0.05, 0.1) is 0 Å². The number of rotatable bonds is 5. The molecule has 0 rings (SSSR count). The number of halogens is 4. The minimum Gasteiger partial charge on any atom is -0.480 e. The second-order valence-corrected chi connectivity index (χ2v) is 2.83. The first kappa shape index (κ1) is 14.6. The van der Waals surface area contributed by atoms with Crippen molar-refractivity contribution in [1.29, 1.82) is 0 Å². The number of nitrogens with one attached hydrogen (secondary N) is 1. The molecule has 0 spiro atoms. The van der Waals surface area contributed by atoms with Crippen molar-refractivity contribution in [3.63, 3.8) is 0 Å². The first-order chi connectivity index (χ1) is 7.06. The van der Waals surface area contributed by atoms with Crippen molar-refractivity contribution < 1.29 is 37.0 Å². The number of methoxy groups -OCH3 is 1. The van der Waals surface area contributed by atoms with Crippen LogP contribution in [-0.4, -0.2) is 42.2 Å². The molecule has 0 bridgehead atoms. The summed E-state index contributed by atoms with van der Waals surface area (Å²) in [5.41, 5.74) is 0.